The molecule has 0 atom stereocenters. The van der Waals surface area contributed by atoms with E-state index in [0.29, 0.717) is 5.56 Å². The van der Waals surface area contributed by atoms with Crippen LogP contribution in [0.25, 0.3) is 0 Å². The van der Waals surface area contributed by atoms with Crippen LogP contribution in [0.3, 0.4) is 0 Å². The Bertz CT molecular complexity index is 1060. The summed E-state index contributed by atoms with van der Waals surface area (Å²) in [5.41, 5.74) is 3.29. The monoisotopic (exact) mass is 446 g/mol. The lowest BCUT2D eigenvalue weighted by atomic mass is 9.89. The van der Waals surface area contributed by atoms with Crippen molar-refractivity contribution in [2.24, 2.45) is 0 Å². The van der Waals surface area contributed by atoms with Crippen LogP contribution in [0, 0.1) is 6.92 Å². The standard InChI is InChI=1S/C24H34N2O4S/c1-13(2)17-10-19(14(3)4)23(20(11-17)15(5)6)31(29,30)26-18-9-16(7)22(27)21(12-18)24(28)25-8/h9-15,26-27H,1-8H3,(H,25,28). The van der Waals surface area contributed by atoms with Crippen molar-refractivity contribution in [2.75, 3.05) is 11.8 Å². The topological polar surface area (TPSA) is 95.5 Å². The molecule has 0 fully saturated rings. The molecule has 2 rings (SSSR count). The molecule has 0 aliphatic rings. The Labute approximate surface area is 186 Å². The molecule has 0 heterocycles. The number of nitrogens with one attached hydrogen (secondary N) is 2. The van der Waals surface area contributed by atoms with Crippen LogP contribution in [0.15, 0.2) is 29.2 Å². The number of aryl methyl sites for hydroxylation is 1. The molecular formula is C24H34N2O4S. The molecule has 0 saturated carbocycles. The van der Waals surface area contributed by atoms with Crippen LogP contribution in [-0.4, -0.2) is 26.5 Å². The van der Waals surface area contributed by atoms with Crippen molar-refractivity contribution in [1.29, 1.82) is 0 Å². The number of phenolic OH excluding ortho intramolecular Hbond substituents is 1. The maximum atomic E-state index is 13.6. The van der Waals surface area contributed by atoms with E-state index in [-0.39, 0.29) is 39.6 Å². The van der Waals surface area contributed by atoms with Gasteiger partial charge >= 0.3 is 0 Å². The number of aromatic hydroxyl groups is 1. The molecule has 0 saturated heterocycles. The van der Waals surface area contributed by atoms with Crippen LogP contribution in [-0.2, 0) is 10.0 Å². The first-order valence-corrected chi connectivity index (χ1v) is 12.0. The molecule has 2 aromatic carbocycles. The highest BCUT2D eigenvalue weighted by Gasteiger charge is 2.27. The van der Waals surface area contributed by atoms with E-state index in [1.54, 1.807) is 6.92 Å². The van der Waals surface area contributed by atoms with Gasteiger partial charge in [0, 0.05) is 7.05 Å². The van der Waals surface area contributed by atoms with Crippen molar-refractivity contribution in [3.63, 3.8) is 0 Å². The van der Waals surface area contributed by atoms with Gasteiger partial charge in [-0.2, -0.15) is 0 Å². The summed E-state index contributed by atoms with van der Waals surface area (Å²) in [7, 11) is -2.50. The average Bonchev–Trinajstić information content (AvgIpc) is 2.68. The summed E-state index contributed by atoms with van der Waals surface area (Å²) in [6.07, 6.45) is 0. The number of phenols is 1. The molecule has 170 valence electrons. The summed E-state index contributed by atoms with van der Waals surface area (Å²) in [4.78, 5) is 12.4. The minimum atomic E-state index is -3.95. The summed E-state index contributed by atoms with van der Waals surface area (Å²) in [5.74, 6) is -0.380. The quantitative estimate of drug-likeness (QED) is 0.507. The van der Waals surface area contributed by atoms with Crippen LogP contribution >= 0.6 is 0 Å². The van der Waals surface area contributed by atoms with E-state index in [2.05, 4.69) is 23.9 Å². The Morgan fingerprint density at radius 1 is 0.903 bits per heavy atom. The van der Waals surface area contributed by atoms with E-state index in [1.807, 2.05) is 39.8 Å². The van der Waals surface area contributed by atoms with Gasteiger partial charge in [0.1, 0.15) is 5.75 Å². The molecule has 7 heteroatoms. The minimum absolute atomic E-state index is 0.00533. The number of hydrogen-bond acceptors (Lipinski definition) is 4. The third kappa shape index (κ3) is 5.21. The molecule has 2 aromatic rings. The molecule has 0 bridgehead atoms. The van der Waals surface area contributed by atoms with Crippen LogP contribution in [0.2, 0.25) is 0 Å². The van der Waals surface area contributed by atoms with E-state index >= 15 is 0 Å². The van der Waals surface area contributed by atoms with Gasteiger partial charge in [-0.3, -0.25) is 9.52 Å². The van der Waals surface area contributed by atoms with Gasteiger partial charge in [-0.15, -0.1) is 0 Å². The zero-order valence-electron chi connectivity index (χ0n) is 19.6. The van der Waals surface area contributed by atoms with Crippen molar-refractivity contribution < 1.29 is 18.3 Å². The molecule has 3 N–H and O–H groups in total. The summed E-state index contributed by atoms with van der Waals surface area (Å²) in [5, 5.41) is 12.7. The maximum Gasteiger partial charge on any atom is 0.262 e. The molecule has 31 heavy (non-hydrogen) atoms. The SMILES string of the molecule is CNC(=O)c1cc(NS(=O)(=O)c2c(C(C)C)cc(C(C)C)cc2C(C)C)cc(C)c1O. The molecule has 0 aliphatic carbocycles. The van der Waals surface area contributed by atoms with E-state index < -0.39 is 15.9 Å². The predicted octanol–water partition coefficient (Wildman–Crippen LogP) is 5.23. The Balaban J connectivity index is 2.71. The molecule has 0 spiro atoms. The minimum Gasteiger partial charge on any atom is -0.507 e. The smallest absolute Gasteiger partial charge is 0.262 e. The summed E-state index contributed by atoms with van der Waals surface area (Å²) >= 11 is 0. The van der Waals surface area contributed by atoms with Crippen molar-refractivity contribution in [3.8, 4) is 5.75 Å². The van der Waals surface area contributed by atoms with Crippen molar-refractivity contribution >= 4 is 21.6 Å². The molecule has 0 aromatic heterocycles. The number of rotatable bonds is 7. The first-order chi connectivity index (χ1) is 14.3. The second-order valence-corrected chi connectivity index (χ2v) is 10.5. The highest BCUT2D eigenvalue weighted by molar-refractivity contribution is 7.92. The fourth-order valence-electron chi connectivity index (χ4n) is 3.55. The summed E-state index contributed by atoms with van der Waals surface area (Å²) < 4.78 is 29.9. The first kappa shape index (κ1) is 24.7. The lowest BCUT2D eigenvalue weighted by molar-refractivity contribution is 0.0960. The van der Waals surface area contributed by atoms with Gasteiger partial charge in [-0.1, -0.05) is 53.7 Å². The van der Waals surface area contributed by atoms with Gasteiger partial charge < -0.3 is 10.4 Å². The third-order valence-electron chi connectivity index (χ3n) is 5.37. The number of carbonyl (C=O) groups excluding carboxylic acids is 1. The largest absolute Gasteiger partial charge is 0.507 e. The lowest BCUT2D eigenvalue weighted by Crippen LogP contribution is -2.21. The van der Waals surface area contributed by atoms with E-state index in [1.165, 1.54) is 19.2 Å². The second-order valence-electron chi connectivity index (χ2n) is 8.87. The van der Waals surface area contributed by atoms with Gasteiger partial charge in [-0.05, 0) is 59.1 Å². The van der Waals surface area contributed by atoms with Gasteiger partial charge in [0.15, 0.2) is 0 Å². The average molecular weight is 447 g/mol. The Morgan fingerprint density at radius 3 is 1.84 bits per heavy atom. The van der Waals surface area contributed by atoms with Crippen molar-refractivity contribution in [3.05, 3.63) is 52.1 Å². The maximum absolute atomic E-state index is 13.6. The van der Waals surface area contributed by atoms with E-state index in [4.69, 9.17) is 0 Å². The second kappa shape index (κ2) is 9.30. The Kier molecular flexibility index (Phi) is 7.42. The van der Waals surface area contributed by atoms with Gasteiger partial charge in [-0.25, -0.2) is 8.42 Å². The summed E-state index contributed by atoms with van der Waals surface area (Å²) in [6, 6.07) is 6.83. The fraction of sp³-hybridized carbons (Fsp3) is 0.458. The normalized spacial score (nSPS) is 12.0. The number of carbonyl (C=O) groups is 1. The number of amides is 1. The van der Waals surface area contributed by atoms with Crippen molar-refractivity contribution in [1.82, 2.24) is 5.32 Å². The zero-order valence-corrected chi connectivity index (χ0v) is 20.4. The van der Waals surface area contributed by atoms with Crippen LogP contribution in [0.5, 0.6) is 5.75 Å². The lowest BCUT2D eigenvalue weighted by Gasteiger charge is -2.23. The number of benzene rings is 2. The predicted molar refractivity (Wildman–Crippen MR) is 126 cm³/mol. The van der Waals surface area contributed by atoms with Crippen LogP contribution < -0.4 is 10.0 Å². The summed E-state index contributed by atoms with van der Waals surface area (Å²) in [6.45, 7) is 13.7. The Hall–Kier alpha value is -2.54. The fourth-order valence-corrected chi connectivity index (χ4v) is 5.29. The number of sulfonamides is 1. The molecule has 0 aliphatic heterocycles. The van der Waals surface area contributed by atoms with E-state index in [0.717, 1.165) is 16.7 Å². The number of anilines is 1. The molecule has 0 unspecified atom stereocenters. The van der Waals surface area contributed by atoms with Crippen molar-refractivity contribution in [2.45, 2.75) is 71.1 Å². The van der Waals surface area contributed by atoms with Crippen LogP contribution in [0.1, 0.15) is 91.9 Å². The van der Waals surface area contributed by atoms with E-state index in [9.17, 15) is 18.3 Å². The van der Waals surface area contributed by atoms with Gasteiger partial charge in [0.05, 0.1) is 16.1 Å². The molecular weight excluding hydrogens is 412 g/mol. The number of hydrogen-bond donors (Lipinski definition) is 3. The van der Waals surface area contributed by atoms with Gasteiger partial charge in [0.25, 0.3) is 15.9 Å². The third-order valence-corrected chi connectivity index (χ3v) is 6.89. The molecule has 0 radical (unpaired) electrons. The first-order valence-electron chi connectivity index (χ1n) is 10.6. The highest BCUT2D eigenvalue weighted by Crippen LogP contribution is 2.36. The van der Waals surface area contributed by atoms with Gasteiger partial charge in [0.2, 0.25) is 0 Å². The highest BCUT2D eigenvalue weighted by atomic mass is 32.2. The Morgan fingerprint density at radius 2 is 1.42 bits per heavy atom. The molecule has 6 nitrogen and oxygen atoms in total. The molecule has 1 amide bonds. The zero-order chi connectivity index (χ0) is 23.7. The van der Waals surface area contributed by atoms with Crippen LogP contribution in [0.4, 0.5) is 5.69 Å².